The molecule has 11 nitrogen and oxygen atoms in total. The first-order chi connectivity index (χ1) is 10.1. The van der Waals surface area contributed by atoms with Gasteiger partial charge in [0.05, 0.1) is 5.97 Å². The fraction of sp³-hybridized carbons (Fsp3) is 0.600. The van der Waals surface area contributed by atoms with E-state index in [0.29, 0.717) is 0 Å². The number of carboxylic acids is 4. The Kier molecular flexibility index (Phi) is 25.0. The van der Waals surface area contributed by atoms with E-state index < -0.39 is 36.0 Å². The maximum Gasteiger partial charge on any atom is 1.00 e. The van der Waals surface area contributed by atoms with Crippen molar-refractivity contribution in [3.8, 4) is 0 Å². The molecule has 13 heteroatoms. The topological polar surface area (TPSA) is 228 Å². The van der Waals surface area contributed by atoms with Crippen LogP contribution >= 0.6 is 0 Å². The molecule has 0 aliphatic rings. The molecule has 0 radical (unpaired) electrons. The number of rotatable bonds is 8. The second-order valence-corrected chi connectivity index (χ2v) is 3.74. The zero-order valence-corrected chi connectivity index (χ0v) is 16.1. The smallest absolute Gasteiger partial charge is 0.548 e. The van der Waals surface area contributed by atoms with Gasteiger partial charge in [-0.1, -0.05) is 0 Å². The first kappa shape index (κ1) is 30.1. The zero-order chi connectivity index (χ0) is 18.3. The van der Waals surface area contributed by atoms with Crippen LogP contribution in [0.15, 0.2) is 0 Å². The Bertz CT molecular complexity index is 351. The van der Waals surface area contributed by atoms with Gasteiger partial charge in [-0.05, 0) is 12.8 Å². The van der Waals surface area contributed by atoms with Gasteiger partial charge in [-0.25, -0.2) is 0 Å². The summed E-state index contributed by atoms with van der Waals surface area (Å²) in [6.07, 6.45) is -0.551. The second kappa shape index (κ2) is 19.2. The van der Waals surface area contributed by atoms with Crippen LogP contribution in [0, 0.1) is 4.38 Å². The molecule has 0 fully saturated rings. The Balaban J connectivity index is -0.000000136. The van der Waals surface area contributed by atoms with Gasteiger partial charge in [0.2, 0.25) is 0 Å². The van der Waals surface area contributed by atoms with Crippen LogP contribution in [0.3, 0.4) is 0 Å². The van der Waals surface area contributed by atoms with E-state index in [0.717, 1.165) is 0 Å². The molecular formula is C10H18N3NaO8Se. The van der Waals surface area contributed by atoms with Crippen molar-refractivity contribution in [3.05, 3.63) is 0 Å². The monoisotopic (exact) mass is 411 g/mol. The molecule has 2 unspecified atom stereocenters. The van der Waals surface area contributed by atoms with Crippen LogP contribution in [0.5, 0.6) is 0 Å². The molecule has 0 saturated heterocycles. The Morgan fingerprint density at radius 1 is 0.913 bits per heavy atom. The maximum absolute atomic E-state index is 9.99. The van der Waals surface area contributed by atoms with E-state index in [4.69, 9.17) is 31.2 Å². The third-order valence-corrected chi connectivity index (χ3v) is 1.96. The van der Waals surface area contributed by atoms with Crippen LogP contribution in [0.2, 0.25) is 0 Å². The van der Waals surface area contributed by atoms with Crippen LogP contribution in [0.25, 0.3) is 0 Å². The summed E-state index contributed by atoms with van der Waals surface area (Å²) in [5.41, 5.74) is 9.94. The quantitative estimate of drug-likeness (QED) is 0.208. The van der Waals surface area contributed by atoms with Crippen molar-refractivity contribution < 1.29 is 69.2 Å². The summed E-state index contributed by atoms with van der Waals surface area (Å²) in [5, 5.41) is 34.2. The number of hydrogen-bond acceptors (Lipinski definition) is 8. The number of aliphatic carboxylic acids is 4. The molecule has 0 aromatic rings. The minimum Gasteiger partial charge on any atom is -0.548 e. The fourth-order valence-corrected chi connectivity index (χ4v) is 0.799. The predicted octanol–water partition coefficient (Wildman–Crippen LogP) is -5.89. The molecule has 128 valence electrons. The molecule has 0 heterocycles. The molecule has 0 amide bonds. The van der Waals surface area contributed by atoms with Gasteiger partial charge in [-0.2, -0.15) is 0 Å². The molecule has 2 atom stereocenters. The molecule has 0 bridgehead atoms. The van der Waals surface area contributed by atoms with Crippen LogP contribution in [0.1, 0.15) is 25.7 Å². The van der Waals surface area contributed by atoms with Crippen molar-refractivity contribution >= 4 is 39.7 Å². The first-order valence-electron chi connectivity index (χ1n) is 5.66. The van der Waals surface area contributed by atoms with E-state index >= 15 is 0 Å². The first-order valence-corrected chi connectivity index (χ1v) is 6.52. The standard InChI is InChI=1S/2C5H9NO4.HNSe.Na/c2*6-3(5(9)10)1-2-4(7)8;1-2;/h2*3H,1-2,6H2,(H,7,8)(H,9,10);1H;/q;;;+1/p-1. The van der Waals surface area contributed by atoms with Gasteiger partial charge in [0.1, 0.15) is 6.04 Å². The molecule has 0 spiro atoms. The minimum absolute atomic E-state index is 0. The number of carbonyl (C=O) groups excluding carboxylic acids is 1. The molecule has 0 aromatic carbocycles. The summed E-state index contributed by atoms with van der Waals surface area (Å²) in [6, 6.07) is -2.23. The molecule has 0 aromatic heterocycles. The molecule has 8 N–H and O–H groups in total. The van der Waals surface area contributed by atoms with Crippen molar-refractivity contribution in [1.82, 2.24) is 0 Å². The van der Waals surface area contributed by atoms with E-state index in [9.17, 15) is 24.3 Å². The van der Waals surface area contributed by atoms with E-state index in [1.165, 1.54) is 0 Å². The normalized spacial score (nSPS) is 11.0. The second-order valence-electron chi connectivity index (χ2n) is 3.74. The number of nitrogens with two attached hydrogens (primary N) is 2. The molecule has 0 saturated carbocycles. The van der Waals surface area contributed by atoms with Crippen LogP contribution < -0.4 is 46.1 Å². The van der Waals surface area contributed by atoms with Gasteiger partial charge in [0.25, 0.3) is 0 Å². The van der Waals surface area contributed by atoms with E-state index in [1.54, 1.807) is 0 Å². The van der Waals surface area contributed by atoms with Gasteiger partial charge in [0.15, 0.2) is 0 Å². The summed E-state index contributed by atoms with van der Waals surface area (Å²) >= 11 is 1.88. The van der Waals surface area contributed by atoms with Gasteiger partial charge >= 0.3 is 67.7 Å². The average Bonchev–Trinajstić information content (AvgIpc) is 2.44. The van der Waals surface area contributed by atoms with Gasteiger partial charge in [-0.3, -0.25) is 14.4 Å². The van der Waals surface area contributed by atoms with E-state index in [1.807, 2.05) is 15.8 Å². The van der Waals surface area contributed by atoms with Crippen LogP contribution in [0.4, 0.5) is 0 Å². The number of carboxylic acid groups (broad SMARTS) is 4. The molecule has 0 aliphatic heterocycles. The van der Waals surface area contributed by atoms with E-state index in [2.05, 4.69) is 0 Å². The van der Waals surface area contributed by atoms with Gasteiger partial charge in [-0.15, -0.1) is 0 Å². The predicted molar refractivity (Wildman–Crippen MR) is 70.8 cm³/mol. The Morgan fingerprint density at radius 3 is 1.43 bits per heavy atom. The van der Waals surface area contributed by atoms with Crippen molar-refractivity contribution in [1.29, 1.82) is 4.38 Å². The Morgan fingerprint density at radius 2 is 1.22 bits per heavy atom. The third-order valence-electron chi connectivity index (χ3n) is 1.96. The maximum atomic E-state index is 9.99. The minimum atomic E-state index is -1.42. The summed E-state index contributed by atoms with van der Waals surface area (Å²) in [6.45, 7) is 0. The fourth-order valence-electron chi connectivity index (χ4n) is 0.799. The molecule has 0 aliphatic carbocycles. The van der Waals surface area contributed by atoms with Crippen LogP contribution in [-0.4, -0.2) is 67.1 Å². The van der Waals surface area contributed by atoms with E-state index in [-0.39, 0.29) is 55.2 Å². The zero-order valence-electron chi connectivity index (χ0n) is 12.4. The average molecular weight is 410 g/mol. The SMILES string of the molecule is N=[Se].NC(CCC(=O)O)C(=O)O.NC(CCC(=O)O)C(=O)[O-].[Na+]. The Labute approximate surface area is 162 Å². The molecule has 23 heavy (non-hydrogen) atoms. The van der Waals surface area contributed by atoms with Crippen molar-refractivity contribution in [3.63, 3.8) is 0 Å². The van der Waals surface area contributed by atoms with Crippen LogP contribution in [-0.2, 0) is 19.2 Å². The summed E-state index contributed by atoms with van der Waals surface area (Å²) in [7, 11) is 0. The molecule has 0 rings (SSSR count). The largest absolute Gasteiger partial charge is 1.00 e. The van der Waals surface area contributed by atoms with Crippen molar-refractivity contribution in [2.45, 2.75) is 37.8 Å². The van der Waals surface area contributed by atoms with Gasteiger partial charge in [0, 0.05) is 18.9 Å². The number of carbonyl (C=O) groups is 4. The van der Waals surface area contributed by atoms with Gasteiger partial charge < -0.3 is 36.7 Å². The van der Waals surface area contributed by atoms with Crippen molar-refractivity contribution in [2.75, 3.05) is 0 Å². The summed E-state index contributed by atoms with van der Waals surface area (Å²) in [4.78, 5) is 39.6. The number of nitrogens with one attached hydrogen (secondary N) is 1. The van der Waals surface area contributed by atoms with Crippen molar-refractivity contribution in [2.24, 2.45) is 11.5 Å². The summed E-state index contributed by atoms with van der Waals surface area (Å²) < 4.78 is 5.62. The number of hydrogen-bond donors (Lipinski definition) is 6. The third kappa shape index (κ3) is 26.3. The summed E-state index contributed by atoms with van der Waals surface area (Å²) in [5.74, 6) is -4.67. The molecular weight excluding hydrogens is 392 g/mol. The Hall–Kier alpha value is -0.881.